The highest BCUT2D eigenvalue weighted by Crippen LogP contribution is 2.17. The van der Waals surface area contributed by atoms with E-state index in [1.807, 2.05) is 0 Å². The predicted molar refractivity (Wildman–Crippen MR) is 88.9 cm³/mol. The summed E-state index contributed by atoms with van der Waals surface area (Å²) in [5, 5.41) is 3.54. The van der Waals surface area contributed by atoms with E-state index in [-0.39, 0.29) is 0 Å². The van der Waals surface area contributed by atoms with Crippen molar-refractivity contribution in [3.63, 3.8) is 0 Å². The largest absolute Gasteiger partial charge is 0.340 e. The molecule has 126 valence electrons. The van der Waals surface area contributed by atoms with E-state index in [9.17, 15) is 4.79 Å². The molecule has 0 aromatic rings. The second-order valence-electron chi connectivity index (χ2n) is 7.31. The summed E-state index contributed by atoms with van der Waals surface area (Å²) in [6, 6.07) is 1.29. The van der Waals surface area contributed by atoms with Gasteiger partial charge < -0.3 is 15.1 Å². The SMILES string of the molecule is CN1CCC(N2CCN(C(=O)CCC3CCCCN3)CC2)C1. The Hall–Kier alpha value is -0.650. The van der Waals surface area contributed by atoms with Gasteiger partial charge in [0.25, 0.3) is 0 Å². The van der Waals surface area contributed by atoms with Crippen LogP contribution in [0.2, 0.25) is 0 Å². The third-order valence-corrected chi connectivity index (χ3v) is 5.67. The number of carbonyl (C=O) groups is 1. The summed E-state index contributed by atoms with van der Waals surface area (Å²) in [6.45, 7) is 7.53. The molecule has 22 heavy (non-hydrogen) atoms. The van der Waals surface area contributed by atoms with E-state index in [2.05, 4.69) is 27.1 Å². The molecule has 3 fully saturated rings. The van der Waals surface area contributed by atoms with Crippen LogP contribution >= 0.6 is 0 Å². The van der Waals surface area contributed by atoms with Crippen molar-refractivity contribution in [1.29, 1.82) is 0 Å². The maximum absolute atomic E-state index is 12.4. The first-order valence-corrected chi connectivity index (χ1v) is 9.16. The van der Waals surface area contributed by atoms with Crippen LogP contribution in [-0.4, -0.2) is 85.6 Å². The lowest BCUT2D eigenvalue weighted by molar-refractivity contribution is -0.133. The van der Waals surface area contributed by atoms with Gasteiger partial charge in [0.15, 0.2) is 0 Å². The van der Waals surface area contributed by atoms with Crippen LogP contribution in [0.15, 0.2) is 0 Å². The minimum Gasteiger partial charge on any atom is -0.340 e. The third kappa shape index (κ3) is 4.21. The van der Waals surface area contributed by atoms with Gasteiger partial charge in [-0.15, -0.1) is 0 Å². The van der Waals surface area contributed by atoms with Gasteiger partial charge >= 0.3 is 0 Å². The molecule has 3 aliphatic rings. The zero-order chi connectivity index (χ0) is 15.4. The van der Waals surface area contributed by atoms with Crippen LogP contribution in [-0.2, 0) is 4.79 Å². The second-order valence-corrected chi connectivity index (χ2v) is 7.31. The molecule has 0 aromatic heterocycles. The molecular weight excluding hydrogens is 276 g/mol. The highest BCUT2D eigenvalue weighted by atomic mass is 16.2. The van der Waals surface area contributed by atoms with Gasteiger partial charge in [0.05, 0.1) is 0 Å². The number of piperidine rings is 1. The zero-order valence-electron chi connectivity index (χ0n) is 14.1. The van der Waals surface area contributed by atoms with Crippen molar-refractivity contribution in [3.8, 4) is 0 Å². The molecule has 0 aliphatic carbocycles. The number of likely N-dealkylation sites (N-methyl/N-ethyl adjacent to an activating group) is 1. The Kier molecular flexibility index (Phi) is 5.71. The second kappa shape index (κ2) is 7.75. The van der Waals surface area contributed by atoms with Crippen molar-refractivity contribution in [2.24, 2.45) is 0 Å². The monoisotopic (exact) mass is 308 g/mol. The molecule has 5 nitrogen and oxygen atoms in total. The normalized spacial score (nSPS) is 31.6. The Morgan fingerprint density at radius 2 is 1.91 bits per heavy atom. The fraction of sp³-hybridized carbons (Fsp3) is 0.941. The van der Waals surface area contributed by atoms with Crippen molar-refractivity contribution >= 4 is 5.91 Å². The molecule has 3 heterocycles. The van der Waals surface area contributed by atoms with Gasteiger partial charge in [0, 0.05) is 51.2 Å². The van der Waals surface area contributed by atoms with E-state index in [1.165, 1.54) is 38.8 Å². The minimum absolute atomic E-state index is 0.371. The van der Waals surface area contributed by atoms with Crippen molar-refractivity contribution in [1.82, 2.24) is 20.0 Å². The smallest absolute Gasteiger partial charge is 0.222 e. The summed E-state index contributed by atoms with van der Waals surface area (Å²) in [5.74, 6) is 0.371. The van der Waals surface area contributed by atoms with Gasteiger partial charge in [0.1, 0.15) is 0 Å². The van der Waals surface area contributed by atoms with Crippen molar-refractivity contribution in [2.45, 2.75) is 50.6 Å². The summed E-state index contributed by atoms with van der Waals surface area (Å²) in [5.41, 5.74) is 0. The lowest BCUT2D eigenvalue weighted by Crippen LogP contribution is -2.52. The van der Waals surface area contributed by atoms with Crippen LogP contribution < -0.4 is 5.32 Å². The average molecular weight is 308 g/mol. The molecule has 3 aliphatic heterocycles. The van der Waals surface area contributed by atoms with Crippen molar-refractivity contribution < 1.29 is 4.79 Å². The highest BCUT2D eigenvalue weighted by Gasteiger charge is 2.29. The topological polar surface area (TPSA) is 38.8 Å². The van der Waals surface area contributed by atoms with Gasteiger partial charge in [0.2, 0.25) is 5.91 Å². The number of nitrogens with one attached hydrogen (secondary N) is 1. The quantitative estimate of drug-likeness (QED) is 0.832. The van der Waals surface area contributed by atoms with Crippen LogP contribution in [0.4, 0.5) is 0 Å². The van der Waals surface area contributed by atoms with E-state index in [1.54, 1.807) is 0 Å². The summed E-state index contributed by atoms with van der Waals surface area (Å²) >= 11 is 0. The average Bonchev–Trinajstić information content (AvgIpc) is 3.00. The van der Waals surface area contributed by atoms with Crippen LogP contribution in [0.3, 0.4) is 0 Å². The molecule has 0 radical (unpaired) electrons. The number of piperazine rings is 1. The fourth-order valence-electron chi connectivity index (χ4n) is 4.17. The zero-order valence-corrected chi connectivity index (χ0v) is 14.1. The number of carbonyl (C=O) groups excluding carboxylic acids is 1. The molecule has 3 saturated heterocycles. The summed E-state index contributed by atoms with van der Waals surface area (Å²) < 4.78 is 0. The first-order valence-electron chi connectivity index (χ1n) is 9.16. The van der Waals surface area contributed by atoms with Crippen molar-refractivity contribution in [3.05, 3.63) is 0 Å². The van der Waals surface area contributed by atoms with Gasteiger partial charge in [-0.3, -0.25) is 9.69 Å². The van der Waals surface area contributed by atoms with E-state index < -0.39 is 0 Å². The Bertz CT molecular complexity index is 362. The van der Waals surface area contributed by atoms with Gasteiger partial charge in [-0.25, -0.2) is 0 Å². The molecular formula is C17H32N4O. The number of hydrogen-bond acceptors (Lipinski definition) is 4. The number of hydrogen-bond donors (Lipinski definition) is 1. The fourth-order valence-corrected chi connectivity index (χ4v) is 4.17. The predicted octanol–water partition coefficient (Wildman–Crippen LogP) is 0.757. The summed E-state index contributed by atoms with van der Waals surface area (Å²) in [7, 11) is 2.21. The standard InChI is InChI=1S/C17H32N4O/c1-19-9-7-16(14-19)20-10-12-21(13-11-20)17(22)6-5-15-4-2-3-8-18-15/h15-16,18H,2-14H2,1H3. The molecule has 1 N–H and O–H groups in total. The minimum atomic E-state index is 0.371. The van der Waals surface area contributed by atoms with E-state index in [0.29, 0.717) is 18.0 Å². The maximum atomic E-state index is 12.4. The van der Waals surface area contributed by atoms with Gasteiger partial charge in [-0.2, -0.15) is 0 Å². The molecule has 0 aromatic carbocycles. The van der Waals surface area contributed by atoms with Gasteiger partial charge in [-0.1, -0.05) is 6.42 Å². The number of likely N-dealkylation sites (tertiary alicyclic amines) is 1. The Morgan fingerprint density at radius 3 is 2.55 bits per heavy atom. The Morgan fingerprint density at radius 1 is 1.09 bits per heavy atom. The molecule has 2 unspecified atom stereocenters. The Labute approximate surface area is 135 Å². The lowest BCUT2D eigenvalue weighted by atomic mass is 10.0. The highest BCUT2D eigenvalue weighted by molar-refractivity contribution is 5.76. The third-order valence-electron chi connectivity index (χ3n) is 5.67. The number of nitrogens with zero attached hydrogens (tertiary/aromatic N) is 3. The first kappa shape index (κ1) is 16.2. The molecule has 3 rings (SSSR count). The maximum Gasteiger partial charge on any atom is 0.222 e. The number of rotatable bonds is 4. The molecule has 5 heteroatoms. The van der Waals surface area contributed by atoms with Crippen LogP contribution in [0.25, 0.3) is 0 Å². The number of amides is 1. The Balaban J connectivity index is 1.36. The first-order chi connectivity index (χ1) is 10.7. The molecule has 0 spiro atoms. The summed E-state index contributed by atoms with van der Waals surface area (Å²) in [6.07, 6.45) is 6.90. The van der Waals surface area contributed by atoms with Crippen molar-refractivity contribution in [2.75, 3.05) is 52.9 Å². The van der Waals surface area contributed by atoms with E-state index in [0.717, 1.165) is 45.6 Å². The van der Waals surface area contributed by atoms with E-state index >= 15 is 0 Å². The molecule has 0 bridgehead atoms. The summed E-state index contributed by atoms with van der Waals surface area (Å²) in [4.78, 5) is 19.5. The molecule has 0 saturated carbocycles. The lowest BCUT2D eigenvalue weighted by Gasteiger charge is -2.38. The molecule has 2 atom stereocenters. The van der Waals surface area contributed by atoms with Crippen LogP contribution in [0.1, 0.15) is 38.5 Å². The molecule has 1 amide bonds. The van der Waals surface area contributed by atoms with E-state index in [4.69, 9.17) is 0 Å². The van der Waals surface area contributed by atoms with Crippen LogP contribution in [0, 0.1) is 0 Å². The van der Waals surface area contributed by atoms with Gasteiger partial charge in [-0.05, 0) is 45.8 Å². The van der Waals surface area contributed by atoms with Crippen LogP contribution in [0.5, 0.6) is 0 Å².